The first-order valence-corrected chi connectivity index (χ1v) is 6.53. The molecule has 7 nitrogen and oxygen atoms in total. The van der Waals surface area contributed by atoms with Gasteiger partial charge in [0.1, 0.15) is 11.5 Å². The summed E-state index contributed by atoms with van der Waals surface area (Å²) in [6.07, 6.45) is 0.797. The van der Waals surface area contributed by atoms with E-state index in [1.165, 1.54) is 7.05 Å². The summed E-state index contributed by atoms with van der Waals surface area (Å²) in [7, 11) is 3.09. The molecule has 0 aromatic heterocycles. The number of nitrogens with one attached hydrogen (secondary N) is 2. The first-order chi connectivity index (χ1) is 10.2. The maximum Gasteiger partial charge on any atom is 0.248 e. The second kappa shape index (κ2) is 9.60. The second-order valence-corrected chi connectivity index (χ2v) is 4.11. The minimum Gasteiger partial charge on any atom is -0.497 e. The summed E-state index contributed by atoms with van der Waals surface area (Å²) >= 11 is 0. The molecule has 0 radical (unpaired) electrons. The van der Waals surface area contributed by atoms with E-state index >= 15 is 0 Å². The highest BCUT2D eigenvalue weighted by molar-refractivity contribution is 5.77. The molecule has 116 valence electrons. The van der Waals surface area contributed by atoms with E-state index in [2.05, 4.69) is 10.8 Å². The molecule has 7 heteroatoms. The lowest BCUT2D eigenvalue weighted by Crippen LogP contribution is -2.31. The fourth-order valence-corrected chi connectivity index (χ4v) is 1.40. The maximum absolute atomic E-state index is 11.4. The van der Waals surface area contributed by atoms with Gasteiger partial charge in [-0.3, -0.25) is 14.4 Å². The predicted octanol–water partition coefficient (Wildman–Crippen LogP) is 0.648. The first kappa shape index (κ1) is 16.8. The van der Waals surface area contributed by atoms with Gasteiger partial charge >= 0.3 is 0 Å². The van der Waals surface area contributed by atoms with Gasteiger partial charge in [0.15, 0.2) is 6.61 Å². The van der Waals surface area contributed by atoms with E-state index in [4.69, 9.17) is 14.3 Å². The lowest BCUT2D eigenvalue weighted by atomic mass is 10.3. The molecular formula is C14H20N2O5. The number of ether oxygens (including phenoxy) is 2. The van der Waals surface area contributed by atoms with Crippen LogP contribution in [0.1, 0.15) is 12.8 Å². The van der Waals surface area contributed by atoms with Crippen molar-refractivity contribution in [2.75, 3.05) is 27.4 Å². The van der Waals surface area contributed by atoms with Crippen molar-refractivity contribution in [2.45, 2.75) is 12.8 Å². The van der Waals surface area contributed by atoms with Crippen LogP contribution in [0.3, 0.4) is 0 Å². The molecule has 1 aromatic carbocycles. The molecular weight excluding hydrogens is 276 g/mol. The molecule has 0 saturated carbocycles. The molecule has 21 heavy (non-hydrogen) atoms. The number of carbonyl (C=O) groups excluding carboxylic acids is 2. The fraction of sp³-hybridized carbons (Fsp3) is 0.429. The van der Waals surface area contributed by atoms with Crippen molar-refractivity contribution in [2.24, 2.45) is 0 Å². The lowest BCUT2D eigenvalue weighted by molar-refractivity contribution is -0.139. The third kappa shape index (κ3) is 7.17. The Bertz CT molecular complexity index is 447. The monoisotopic (exact) mass is 296 g/mol. The quantitative estimate of drug-likeness (QED) is 0.516. The van der Waals surface area contributed by atoms with Crippen LogP contribution >= 0.6 is 0 Å². The van der Waals surface area contributed by atoms with Crippen molar-refractivity contribution >= 4 is 11.8 Å². The number of carbonyl (C=O) groups is 2. The van der Waals surface area contributed by atoms with Crippen molar-refractivity contribution in [3.63, 3.8) is 0 Å². The number of rotatable bonds is 9. The van der Waals surface area contributed by atoms with Gasteiger partial charge in [-0.1, -0.05) is 0 Å². The normalized spacial score (nSPS) is 9.81. The molecule has 0 bridgehead atoms. The second-order valence-electron chi connectivity index (χ2n) is 4.11. The van der Waals surface area contributed by atoms with Crippen LogP contribution in [0.25, 0.3) is 0 Å². The van der Waals surface area contributed by atoms with Crippen molar-refractivity contribution in [3.05, 3.63) is 24.3 Å². The summed E-state index contributed by atoms with van der Waals surface area (Å²) in [6, 6.07) is 7.19. The van der Waals surface area contributed by atoms with Gasteiger partial charge in [0, 0.05) is 13.5 Å². The highest BCUT2D eigenvalue weighted by Gasteiger charge is 2.03. The Kier molecular flexibility index (Phi) is 7.67. The molecule has 2 N–H and O–H groups in total. The molecule has 0 atom stereocenters. The van der Waals surface area contributed by atoms with Crippen LogP contribution in [0.4, 0.5) is 0 Å². The van der Waals surface area contributed by atoms with Crippen LogP contribution in [-0.4, -0.2) is 39.2 Å². The molecule has 0 aliphatic rings. The Hall–Kier alpha value is -2.28. The Labute approximate surface area is 123 Å². The van der Waals surface area contributed by atoms with E-state index in [0.29, 0.717) is 18.8 Å². The molecule has 2 amide bonds. The third-order valence-electron chi connectivity index (χ3n) is 2.54. The van der Waals surface area contributed by atoms with E-state index in [1.54, 1.807) is 31.4 Å². The average Bonchev–Trinajstić information content (AvgIpc) is 2.52. The number of hydrogen-bond donors (Lipinski definition) is 2. The minimum atomic E-state index is -0.307. The highest BCUT2D eigenvalue weighted by Crippen LogP contribution is 2.17. The smallest absolute Gasteiger partial charge is 0.248 e. The highest BCUT2D eigenvalue weighted by atomic mass is 16.7. The van der Waals surface area contributed by atoms with Crippen LogP contribution in [0.15, 0.2) is 24.3 Å². The number of hydrogen-bond acceptors (Lipinski definition) is 5. The number of amides is 2. The van der Waals surface area contributed by atoms with Crippen LogP contribution in [0, 0.1) is 0 Å². The number of benzene rings is 1. The van der Waals surface area contributed by atoms with Crippen LogP contribution in [0.2, 0.25) is 0 Å². The summed E-state index contributed by atoms with van der Waals surface area (Å²) in [6.45, 7) is 0.208. The molecule has 0 heterocycles. The Morgan fingerprint density at radius 1 is 1.10 bits per heavy atom. The maximum atomic E-state index is 11.4. The summed E-state index contributed by atoms with van der Waals surface area (Å²) < 4.78 is 10.5. The number of hydroxylamine groups is 1. The largest absolute Gasteiger partial charge is 0.497 e. The predicted molar refractivity (Wildman–Crippen MR) is 75.9 cm³/mol. The van der Waals surface area contributed by atoms with E-state index < -0.39 is 0 Å². The topological polar surface area (TPSA) is 85.9 Å². The molecule has 1 rings (SSSR count). The van der Waals surface area contributed by atoms with Crippen LogP contribution in [0.5, 0.6) is 11.5 Å². The standard InChI is InChI=1S/C14H20N2O5/c1-15-14(18)10-21-16-13(17)4-3-9-20-12-7-5-11(19-2)6-8-12/h5-8H,3-4,9-10H2,1-2H3,(H,15,18)(H,16,17). The van der Waals surface area contributed by atoms with Crippen LogP contribution in [-0.2, 0) is 14.4 Å². The van der Waals surface area contributed by atoms with Gasteiger partial charge in [-0.05, 0) is 30.7 Å². The van der Waals surface area contributed by atoms with Gasteiger partial charge in [-0.15, -0.1) is 0 Å². The van der Waals surface area contributed by atoms with Gasteiger partial charge in [-0.2, -0.15) is 0 Å². The summed E-state index contributed by atoms with van der Waals surface area (Å²) in [5, 5.41) is 2.37. The number of methoxy groups -OCH3 is 1. The molecule has 0 saturated heterocycles. The number of likely N-dealkylation sites (N-methyl/N-ethyl adjacent to an activating group) is 1. The van der Waals surface area contributed by atoms with Crippen molar-refractivity contribution in [1.82, 2.24) is 10.8 Å². The van der Waals surface area contributed by atoms with E-state index in [9.17, 15) is 9.59 Å². The SMILES string of the molecule is CNC(=O)CONC(=O)CCCOc1ccc(OC)cc1. The van der Waals surface area contributed by atoms with Crippen LogP contribution < -0.4 is 20.3 Å². The van der Waals surface area contributed by atoms with E-state index in [0.717, 1.165) is 5.75 Å². The summed E-state index contributed by atoms with van der Waals surface area (Å²) in [4.78, 5) is 26.9. The van der Waals surface area contributed by atoms with Gasteiger partial charge in [0.2, 0.25) is 11.8 Å². The molecule has 0 fully saturated rings. The summed E-state index contributed by atoms with van der Waals surface area (Å²) in [5.41, 5.74) is 2.19. The Morgan fingerprint density at radius 2 is 1.76 bits per heavy atom. The zero-order valence-corrected chi connectivity index (χ0v) is 12.2. The van der Waals surface area contributed by atoms with Gasteiger partial charge < -0.3 is 14.8 Å². The Balaban J connectivity index is 2.10. The van der Waals surface area contributed by atoms with Gasteiger partial charge in [0.25, 0.3) is 0 Å². The Morgan fingerprint density at radius 3 is 2.38 bits per heavy atom. The third-order valence-corrected chi connectivity index (χ3v) is 2.54. The van der Waals surface area contributed by atoms with Gasteiger partial charge in [-0.25, -0.2) is 5.48 Å². The lowest BCUT2D eigenvalue weighted by Gasteiger charge is -2.07. The van der Waals surface area contributed by atoms with Crippen molar-refractivity contribution < 1.29 is 23.9 Å². The van der Waals surface area contributed by atoms with E-state index in [-0.39, 0.29) is 24.8 Å². The molecule has 1 aromatic rings. The molecule has 0 aliphatic carbocycles. The zero-order chi connectivity index (χ0) is 15.5. The minimum absolute atomic E-state index is 0.204. The first-order valence-electron chi connectivity index (χ1n) is 6.53. The summed E-state index contributed by atoms with van der Waals surface area (Å²) in [5.74, 6) is 0.873. The molecule has 0 spiro atoms. The zero-order valence-electron chi connectivity index (χ0n) is 12.2. The van der Waals surface area contributed by atoms with Crippen molar-refractivity contribution in [3.8, 4) is 11.5 Å². The fourth-order valence-electron chi connectivity index (χ4n) is 1.40. The van der Waals surface area contributed by atoms with Crippen molar-refractivity contribution in [1.29, 1.82) is 0 Å². The average molecular weight is 296 g/mol. The van der Waals surface area contributed by atoms with Gasteiger partial charge in [0.05, 0.1) is 13.7 Å². The molecule has 0 aliphatic heterocycles. The molecule has 0 unspecified atom stereocenters. The van der Waals surface area contributed by atoms with E-state index in [1.807, 2.05) is 0 Å².